The number of nitro benzene ring substituents is 1. The Morgan fingerprint density at radius 2 is 2.00 bits per heavy atom. The van der Waals surface area contributed by atoms with Gasteiger partial charge in [0.15, 0.2) is 0 Å². The number of imide groups is 1. The second-order valence-electron chi connectivity index (χ2n) is 6.65. The van der Waals surface area contributed by atoms with Crippen molar-refractivity contribution in [3.63, 3.8) is 0 Å². The molecule has 12 heteroatoms. The minimum absolute atomic E-state index is 0.0468. The summed E-state index contributed by atoms with van der Waals surface area (Å²) in [6.07, 6.45) is 1.37. The fraction of sp³-hybridized carbons (Fsp3) is 0.0952. The molecule has 1 aliphatic heterocycles. The normalized spacial score (nSPS) is 14.8. The highest BCUT2D eigenvalue weighted by Gasteiger charge is 2.36. The van der Waals surface area contributed by atoms with E-state index in [1.54, 1.807) is 0 Å². The van der Waals surface area contributed by atoms with Crippen molar-refractivity contribution in [2.45, 2.75) is 6.54 Å². The first-order valence-electron chi connectivity index (χ1n) is 9.23. The summed E-state index contributed by atoms with van der Waals surface area (Å²) in [6.45, 7) is -0.167. The molecule has 33 heavy (non-hydrogen) atoms. The first-order chi connectivity index (χ1) is 15.8. The molecule has 0 spiro atoms. The lowest BCUT2D eigenvalue weighted by Gasteiger charge is -2.09. The molecule has 1 aliphatic rings. The van der Waals surface area contributed by atoms with Crippen molar-refractivity contribution < 1.29 is 32.9 Å². The maximum atomic E-state index is 12.7. The van der Waals surface area contributed by atoms with Gasteiger partial charge >= 0.3 is 5.97 Å². The summed E-state index contributed by atoms with van der Waals surface area (Å²) < 4.78 is 15.5. The van der Waals surface area contributed by atoms with Gasteiger partial charge in [0.1, 0.15) is 17.3 Å². The molecule has 2 amide bonds. The third-order valence-electron chi connectivity index (χ3n) is 4.56. The van der Waals surface area contributed by atoms with Gasteiger partial charge in [-0.05, 0) is 48.2 Å². The third kappa shape index (κ3) is 4.54. The van der Waals surface area contributed by atoms with Crippen LogP contribution in [0.1, 0.15) is 22.1 Å². The van der Waals surface area contributed by atoms with Crippen molar-refractivity contribution in [1.29, 1.82) is 0 Å². The molecule has 0 N–H and O–H groups in total. The van der Waals surface area contributed by atoms with Gasteiger partial charge in [-0.2, -0.15) is 0 Å². The fourth-order valence-electron chi connectivity index (χ4n) is 3.03. The zero-order chi connectivity index (χ0) is 23.7. The molecule has 3 heterocycles. The van der Waals surface area contributed by atoms with E-state index >= 15 is 0 Å². The number of carbonyl (C=O) groups excluding carboxylic acids is 3. The molecule has 1 saturated heterocycles. The number of halogens is 1. The Balaban J connectivity index is 1.54. The number of amides is 2. The highest BCUT2D eigenvalue weighted by molar-refractivity contribution is 8.18. The largest absolute Gasteiger partial charge is 0.463 e. The van der Waals surface area contributed by atoms with Gasteiger partial charge in [-0.15, -0.1) is 0 Å². The predicted octanol–water partition coefficient (Wildman–Crippen LogP) is 5.12. The standard InChI is InChI=1S/C21H13ClN2O8S/c1-30-20(26)17-7-4-13(32-17)10-23-19(25)18(33-21(23)27)9-12-3-6-16(31-12)14-5-2-11(22)8-15(14)24(28)29/h2-9H,10H2,1H3/b18-9+. The monoisotopic (exact) mass is 488 g/mol. The number of ether oxygens (including phenoxy) is 1. The number of esters is 1. The molecule has 1 fully saturated rings. The number of methoxy groups -OCH3 is 1. The Hall–Kier alpha value is -3.83. The van der Waals surface area contributed by atoms with E-state index in [4.69, 9.17) is 20.4 Å². The van der Waals surface area contributed by atoms with Crippen molar-refractivity contribution in [1.82, 2.24) is 4.90 Å². The van der Waals surface area contributed by atoms with Gasteiger partial charge in [-0.1, -0.05) is 11.6 Å². The summed E-state index contributed by atoms with van der Waals surface area (Å²) >= 11 is 6.55. The zero-order valence-corrected chi connectivity index (χ0v) is 18.3. The fourth-order valence-corrected chi connectivity index (χ4v) is 4.02. The number of benzene rings is 1. The summed E-state index contributed by atoms with van der Waals surface area (Å²) in [5.41, 5.74) is -0.00937. The number of hydrogen-bond donors (Lipinski definition) is 0. The van der Waals surface area contributed by atoms with Crippen molar-refractivity contribution in [2.75, 3.05) is 7.11 Å². The van der Waals surface area contributed by atoms with E-state index in [0.29, 0.717) is 11.8 Å². The molecule has 3 aromatic rings. The number of furan rings is 2. The van der Waals surface area contributed by atoms with E-state index in [1.165, 1.54) is 55.7 Å². The maximum absolute atomic E-state index is 12.7. The van der Waals surface area contributed by atoms with E-state index in [9.17, 15) is 24.5 Å². The SMILES string of the molecule is COC(=O)c1ccc(CN2C(=O)S/C(=C/c3ccc(-c4ccc(Cl)cc4[N+](=O)[O-])o3)C2=O)o1. The van der Waals surface area contributed by atoms with E-state index < -0.39 is 22.0 Å². The predicted molar refractivity (Wildman–Crippen MR) is 117 cm³/mol. The van der Waals surface area contributed by atoms with Crippen LogP contribution in [-0.2, 0) is 16.1 Å². The lowest BCUT2D eigenvalue weighted by Crippen LogP contribution is -2.27. The minimum atomic E-state index is -0.676. The van der Waals surface area contributed by atoms with Gasteiger partial charge in [0, 0.05) is 17.2 Å². The number of hydrogen-bond acceptors (Lipinski definition) is 9. The van der Waals surface area contributed by atoms with Gasteiger partial charge < -0.3 is 13.6 Å². The Kier molecular flexibility index (Phi) is 6.07. The van der Waals surface area contributed by atoms with Crippen LogP contribution < -0.4 is 0 Å². The Bertz CT molecular complexity index is 1330. The van der Waals surface area contributed by atoms with E-state index in [1.807, 2.05) is 0 Å². The average Bonchev–Trinajstić information content (AvgIpc) is 3.50. The molecule has 0 atom stereocenters. The number of thioether (sulfide) groups is 1. The summed E-state index contributed by atoms with van der Waals surface area (Å²) in [6, 6.07) is 10.1. The average molecular weight is 489 g/mol. The summed E-state index contributed by atoms with van der Waals surface area (Å²) in [5, 5.41) is 11.0. The minimum Gasteiger partial charge on any atom is -0.463 e. The van der Waals surface area contributed by atoms with E-state index in [-0.39, 0.29) is 50.8 Å². The zero-order valence-electron chi connectivity index (χ0n) is 16.8. The van der Waals surface area contributed by atoms with Crippen LogP contribution in [0.25, 0.3) is 17.4 Å². The van der Waals surface area contributed by atoms with Crippen molar-refractivity contribution in [3.8, 4) is 11.3 Å². The summed E-state index contributed by atoms with van der Waals surface area (Å²) in [5.74, 6) is -0.634. The highest BCUT2D eigenvalue weighted by atomic mass is 35.5. The van der Waals surface area contributed by atoms with Gasteiger partial charge in [-0.3, -0.25) is 24.6 Å². The quantitative estimate of drug-likeness (QED) is 0.200. The van der Waals surface area contributed by atoms with Gasteiger partial charge in [-0.25, -0.2) is 4.79 Å². The van der Waals surface area contributed by atoms with Crippen LogP contribution in [0, 0.1) is 10.1 Å². The number of carbonyl (C=O) groups is 3. The number of nitrogens with zero attached hydrogens (tertiary/aromatic N) is 2. The third-order valence-corrected chi connectivity index (χ3v) is 5.70. The van der Waals surface area contributed by atoms with Gasteiger partial charge in [0.25, 0.3) is 16.8 Å². The van der Waals surface area contributed by atoms with Crippen LogP contribution in [0.3, 0.4) is 0 Å². The van der Waals surface area contributed by atoms with Crippen molar-refractivity contribution in [2.24, 2.45) is 0 Å². The second kappa shape index (κ2) is 8.96. The first kappa shape index (κ1) is 22.4. The molecule has 0 radical (unpaired) electrons. The molecule has 10 nitrogen and oxygen atoms in total. The Morgan fingerprint density at radius 1 is 1.21 bits per heavy atom. The van der Waals surface area contributed by atoms with Crippen LogP contribution in [0.2, 0.25) is 5.02 Å². The maximum Gasteiger partial charge on any atom is 0.373 e. The number of rotatable bonds is 6. The molecule has 168 valence electrons. The van der Waals surface area contributed by atoms with Gasteiger partial charge in [0.05, 0.1) is 29.0 Å². The summed E-state index contributed by atoms with van der Waals surface area (Å²) in [4.78, 5) is 48.4. The molecule has 4 rings (SSSR count). The first-order valence-corrected chi connectivity index (χ1v) is 10.4. The van der Waals surface area contributed by atoms with Crippen LogP contribution >= 0.6 is 23.4 Å². The van der Waals surface area contributed by atoms with Gasteiger partial charge in [0.2, 0.25) is 5.76 Å². The Morgan fingerprint density at radius 3 is 2.73 bits per heavy atom. The lowest BCUT2D eigenvalue weighted by atomic mass is 10.1. The molecule has 0 bridgehead atoms. The molecule has 0 saturated carbocycles. The van der Waals surface area contributed by atoms with E-state index in [0.717, 1.165) is 4.90 Å². The number of nitro groups is 1. The molecule has 0 unspecified atom stereocenters. The highest BCUT2D eigenvalue weighted by Crippen LogP contribution is 2.36. The van der Waals surface area contributed by atoms with E-state index in [2.05, 4.69) is 4.74 Å². The van der Waals surface area contributed by atoms with Crippen LogP contribution in [0.15, 0.2) is 56.2 Å². The molecular formula is C21H13ClN2O8S. The topological polar surface area (TPSA) is 133 Å². The Labute approximate surface area is 194 Å². The van der Waals surface area contributed by atoms with Crippen LogP contribution in [0.5, 0.6) is 0 Å². The smallest absolute Gasteiger partial charge is 0.373 e. The lowest BCUT2D eigenvalue weighted by molar-refractivity contribution is -0.384. The van der Waals surface area contributed by atoms with Crippen LogP contribution in [-0.4, -0.2) is 34.0 Å². The molecule has 1 aromatic carbocycles. The van der Waals surface area contributed by atoms with Crippen molar-refractivity contribution in [3.05, 3.63) is 79.8 Å². The second-order valence-corrected chi connectivity index (χ2v) is 8.08. The van der Waals surface area contributed by atoms with Crippen LogP contribution in [0.4, 0.5) is 10.5 Å². The molecule has 2 aromatic heterocycles. The molecule has 0 aliphatic carbocycles. The van der Waals surface area contributed by atoms with Crippen molar-refractivity contribution >= 4 is 52.2 Å². The summed E-state index contributed by atoms with van der Waals surface area (Å²) in [7, 11) is 1.21. The molecular weight excluding hydrogens is 476 g/mol.